The highest BCUT2D eigenvalue weighted by Crippen LogP contribution is 2.25. The summed E-state index contributed by atoms with van der Waals surface area (Å²) in [5.74, 6) is 0.980. The molecule has 3 aromatic heterocycles. The van der Waals surface area contributed by atoms with Crippen molar-refractivity contribution in [2.24, 2.45) is 7.05 Å². The first kappa shape index (κ1) is 21.9. The fourth-order valence-corrected chi connectivity index (χ4v) is 4.91. The molecule has 0 aliphatic rings. The monoisotopic (exact) mass is 473 g/mol. The number of para-hydroxylation sites is 2. The molecule has 0 aliphatic heterocycles. The van der Waals surface area contributed by atoms with Crippen LogP contribution in [0.1, 0.15) is 16.8 Å². The van der Waals surface area contributed by atoms with Crippen LogP contribution in [-0.4, -0.2) is 40.6 Å². The molecule has 172 valence electrons. The van der Waals surface area contributed by atoms with Crippen molar-refractivity contribution < 1.29 is 4.79 Å². The zero-order chi connectivity index (χ0) is 24.0. The highest BCUT2D eigenvalue weighted by molar-refractivity contribution is 7.99. The van der Waals surface area contributed by atoms with Gasteiger partial charge in [0.15, 0.2) is 5.16 Å². The number of nitrogens with zero attached hydrogens (tertiary/aromatic N) is 6. The van der Waals surface area contributed by atoms with Gasteiger partial charge >= 0.3 is 0 Å². The number of benzene rings is 2. The molecular formula is C24H23N7O2S. The van der Waals surface area contributed by atoms with Crippen LogP contribution in [0.4, 0.5) is 5.82 Å². The molecule has 5 rings (SSSR count). The Kier molecular flexibility index (Phi) is 5.45. The Balaban J connectivity index is 1.60. The van der Waals surface area contributed by atoms with E-state index in [1.54, 1.807) is 22.4 Å². The van der Waals surface area contributed by atoms with E-state index in [9.17, 15) is 9.59 Å². The Morgan fingerprint density at radius 1 is 1.03 bits per heavy atom. The van der Waals surface area contributed by atoms with Crippen LogP contribution in [0.25, 0.3) is 22.4 Å². The molecule has 5 aromatic rings. The predicted molar refractivity (Wildman–Crippen MR) is 133 cm³/mol. The largest absolute Gasteiger partial charge is 0.310 e. The van der Waals surface area contributed by atoms with Gasteiger partial charge in [-0.2, -0.15) is 5.10 Å². The molecule has 0 saturated heterocycles. The van der Waals surface area contributed by atoms with Gasteiger partial charge in [0.1, 0.15) is 5.82 Å². The molecule has 0 radical (unpaired) electrons. The summed E-state index contributed by atoms with van der Waals surface area (Å²) in [7, 11) is 1.78. The molecule has 1 N–H and O–H groups in total. The fourth-order valence-electron chi connectivity index (χ4n) is 4.17. The molecule has 0 fully saturated rings. The maximum atomic E-state index is 13.6. The lowest BCUT2D eigenvalue weighted by atomic mass is 10.1. The van der Waals surface area contributed by atoms with Crippen molar-refractivity contribution in [3.05, 3.63) is 75.7 Å². The third-order valence-electron chi connectivity index (χ3n) is 5.66. The lowest BCUT2D eigenvalue weighted by Gasteiger charge is -2.15. The molecular weight excluding hydrogens is 450 g/mol. The topological polar surface area (TPSA) is 99.1 Å². The van der Waals surface area contributed by atoms with Crippen LogP contribution >= 0.6 is 11.8 Å². The highest BCUT2D eigenvalue weighted by Gasteiger charge is 2.20. The summed E-state index contributed by atoms with van der Waals surface area (Å²) in [5.41, 5.74) is 4.07. The summed E-state index contributed by atoms with van der Waals surface area (Å²) < 4.78 is 5.08. The molecule has 0 unspecified atom stereocenters. The normalized spacial score (nSPS) is 11.4. The number of hydrogen-bond acceptors (Lipinski definition) is 6. The number of hydrogen-bond donors (Lipinski definition) is 1. The molecule has 34 heavy (non-hydrogen) atoms. The molecule has 1 amide bonds. The SMILES string of the molecule is Cc1cc(NC(=O)CSc2nnc3n(-c4c(C)cccc4C)c(=O)c4ccccc4n23)n(C)n1. The molecule has 2 aromatic carbocycles. The summed E-state index contributed by atoms with van der Waals surface area (Å²) in [6.07, 6.45) is 0. The fraction of sp³-hybridized carbons (Fsp3) is 0.208. The van der Waals surface area contributed by atoms with E-state index in [0.29, 0.717) is 27.7 Å². The Hall–Kier alpha value is -3.92. The maximum Gasteiger partial charge on any atom is 0.267 e. The van der Waals surface area contributed by atoms with Crippen molar-refractivity contribution in [3.63, 3.8) is 0 Å². The molecule has 9 nitrogen and oxygen atoms in total. The van der Waals surface area contributed by atoms with E-state index < -0.39 is 0 Å². The Morgan fingerprint density at radius 2 is 1.76 bits per heavy atom. The van der Waals surface area contributed by atoms with Crippen molar-refractivity contribution in [3.8, 4) is 5.69 Å². The standard InChI is InChI=1S/C24H23N7O2S/c1-14-8-7-9-15(2)21(14)31-22(33)17-10-5-6-11-18(17)30-23(31)26-27-24(30)34-13-20(32)25-19-12-16(3)28-29(19)4/h5-12H,13H2,1-4H3,(H,25,32). The van der Waals surface area contributed by atoms with E-state index in [0.717, 1.165) is 22.5 Å². The average Bonchev–Trinajstić information content (AvgIpc) is 3.36. The minimum atomic E-state index is -0.183. The zero-order valence-corrected chi connectivity index (χ0v) is 20.1. The van der Waals surface area contributed by atoms with Gasteiger partial charge in [-0.25, -0.2) is 4.57 Å². The summed E-state index contributed by atoms with van der Waals surface area (Å²) in [4.78, 5) is 26.2. The first-order valence-corrected chi connectivity index (χ1v) is 11.7. The van der Waals surface area contributed by atoms with Gasteiger partial charge in [-0.15, -0.1) is 10.2 Å². The third kappa shape index (κ3) is 3.65. The second-order valence-electron chi connectivity index (χ2n) is 8.15. The number of anilines is 1. The van der Waals surface area contributed by atoms with Gasteiger partial charge in [-0.1, -0.05) is 42.1 Å². The number of aryl methyl sites for hydroxylation is 4. The van der Waals surface area contributed by atoms with Gasteiger partial charge in [0.05, 0.1) is 28.0 Å². The van der Waals surface area contributed by atoms with Crippen molar-refractivity contribution in [2.75, 3.05) is 11.1 Å². The minimum absolute atomic E-state index is 0.127. The number of carbonyl (C=O) groups excluding carboxylic acids is 1. The van der Waals surface area contributed by atoms with Gasteiger partial charge in [-0.05, 0) is 44.0 Å². The van der Waals surface area contributed by atoms with Crippen LogP contribution in [0, 0.1) is 20.8 Å². The first-order valence-electron chi connectivity index (χ1n) is 10.7. The summed E-state index contributed by atoms with van der Waals surface area (Å²) >= 11 is 1.26. The van der Waals surface area contributed by atoms with E-state index in [2.05, 4.69) is 20.6 Å². The van der Waals surface area contributed by atoms with Gasteiger partial charge < -0.3 is 5.32 Å². The second-order valence-corrected chi connectivity index (χ2v) is 9.09. The third-order valence-corrected chi connectivity index (χ3v) is 6.59. The lowest BCUT2D eigenvalue weighted by molar-refractivity contribution is -0.113. The second kappa shape index (κ2) is 8.45. The number of rotatable bonds is 5. The molecule has 0 saturated carbocycles. The summed E-state index contributed by atoms with van der Waals surface area (Å²) in [6.45, 7) is 5.81. The predicted octanol–water partition coefficient (Wildman–Crippen LogP) is 3.42. The number of fused-ring (bicyclic) bond motifs is 3. The van der Waals surface area contributed by atoms with E-state index >= 15 is 0 Å². The molecule has 0 atom stereocenters. The number of amides is 1. The summed E-state index contributed by atoms with van der Waals surface area (Å²) in [6, 6.07) is 15.1. The molecule has 10 heteroatoms. The van der Waals surface area contributed by atoms with Crippen molar-refractivity contribution in [2.45, 2.75) is 25.9 Å². The lowest BCUT2D eigenvalue weighted by Crippen LogP contribution is -2.23. The number of thioether (sulfide) groups is 1. The van der Waals surface area contributed by atoms with Crippen molar-refractivity contribution in [1.29, 1.82) is 0 Å². The first-order chi connectivity index (χ1) is 16.3. The van der Waals surface area contributed by atoms with E-state index in [1.165, 1.54) is 11.8 Å². The maximum absolute atomic E-state index is 13.6. The van der Waals surface area contributed by atoms with Crippen LogP contribution in [0.5, 0.6) is 0 Å². The average molecular weight is 474 g/mol. The van der Waals surface area contributed by atoms with Crippen molar-refractivity contribution >= 4 is 40.2 Å². The van der Waals surface area contributed by atoms with E-state index in [-0.39, 0.29) is 17.2 Å². The zero-order valence-electron chi connectivity index (χ0n) is 19.2. The molecule has 0 bridgehead atoms. The Bertz CT molecular complexity index is 1610. The van der Waals surface area contributed by atoms with E-state index in [1.807, 2.05) is 67.6 Å². The van der Waals surface area contributed by atoms with Crippen LogP contribution < -0.4 is 10.9 Å². The quantitative estimate of drug-likeness (QED) is 0.393. The van der Waals surface area contributed by atoms with Crippen LogP contribution in [0.2, 0.25) is 0 Å². The number of nitrogens with one attached hydrogen (secondary N) is 1. The van der Waals surface area contributed by atoms with Gasteiger partial charge in [0, 0.05) is 13.1 Å². The van der Waals surface area contributed by atoms with Gasteiger partial charge in [0.25, 0.3) is 5.56 Å². The Labute approximate surface area is 199 Å². The smallest absolute Gasteiger partial charge is 0.267 e. The van der Waals surface area contributed by atoms with Crippen LogP contribution in [0.3, 0.4) is 0 Å². The minimum Gasteiger partial charge on any atom is -0.310 e. The van der Waals surface area contributed by atoms with Crippen LogP contribution in [-0.2, 0) is 11.8 Å². The van der Waals surface area contributed by atoms with Crippen molar-refractivity contribution in [1.82, 2.24) is 28.9 Å². The summed E-state index contributed by atoms with van der Waals surface area (Å²) in [5, 5.41) is 16.9. The van der Waals surface area contributed by atoms with Crippen LogP contribution in [0.15, 0.2) is 58.5 Å². The number of carbonyl (C=O) groups is 1. The van der Waals surface area contributed by atoms with Gasteiger partial charge in [-0.3, -0.25) is 18.7 Å². The molecule has 0 spiro atoms. The molecule has 3 heterocycles. The number of aromatic nitrogens is 6. The van der Waals surface area contributed by atoms with E-state index in [4.69, 9.17) is 0 Å². The molecule has 0 aliphatic carbocycles. The van der Waals surface area contributed by atoms with Gasteiger partial charge in [0.2, 0.25) is 11.7 Å². The Morgan fingerprint density at radius 3 is 2.47 bits per heavy atom. The highest BCUT2D eigenvalue weighted by atomic mass is 32.2.